The van der Waals surface area contributed by atoms with E-state index in [1.807, 2.05) is 30.3 Å². The number of para-hydroxylation sites is 1. The van der Waals surface area contributed by atoms with Crippen LogP contribution in [0.4, 0.5) is 14.5 Å². The van der Waals surface area contributed by atoms with Crippen LogP contribution in [-0.4, -0.2) is 21.8 Å². The third-order valence-corrected chi connectivity index (χ3v) is 4.26. The van der Waals surface area contributed by atoms with Crippen LogP contribution in [0.3, 0.4) is 0 Å². The van der Waals surface area contributed by atoms with E-state index in [1.54, 1.807) is 6.07 Å². The van der Waals surface area contributed by atoms with Gasteiger partial charge in [0.2, 0.25) is 0 Å². The summed E-state index contributed by atoms with van der Waals surface area (Å²) in [7, 11) is 0. The molecule has 0 aliphatic rings. The highest BCUT2D eigenvalue weighted by atomic mass is 19.2. The zero-order chi connectivity index (χ0) is 19.7. The van der Waals surface area contributed by atoms with Crippen molar-refractivity contribution in [1.82, 2.24) is 15.3 Å². The van der Waals surface area contributed by atoms with Crippen molar-refractivity contribution in [3.05, 3.63) is 72.1 Å². The van der Waals surface area contributed by atoms with Crippen molar-refractivity contribution < 1.29 is 18.4 Å². The molecule has 0 fully saturated rings. The van der Waals surface area contributed by atoms with Crippen LogP contribution in [0.1, 0.15) is 5.69 Å². The van der Waals surface area contributed by atoms with Gasteiger partial charge in [-0.05, 0) is 18.2 Å². The summed E-state index contributed by atoms with van der Waals surface area (Å²) < 4.78 is 26.7. The van der Waals surface area contributed by atoms with Crippen molar-refractivity contribution in [3.8, 4) is 0 Å². The smallest absolute Gasteiger partial charge is 0.313 e. The molecular formula is C20H14F2N4O2. The minimum atomic E-state index is -1.05. The zero-order valence-corrected chi connectivity index (χ0v) is 14.4. The van der Waals surface area contributed by atoms with Crippen LogP contribution >= 0.6 is 0 Å². The molecule has 28 heavy (non-hydrogen) atoms. The maximum Gasteiger partial charge on any atom is 0.313 e. The number of rotatable bonds is 3. The fraction of sp³-hybridized carbons (Fsp3) is 0.0500. The standard InChI is InChI=1S/C20H14F2N4O2/c21-14-7-13-17(8-15(14)22)23-10-18(13)26-20(28)19(27)24-9-12-6-5-11-3-1-2-4-16(11)25-12/h1-8,10,23H,9H2,(H,24,27)(H,26,28). The number of carbonyl (C=O) groups is 2. The number of amides is 2. The number of nitrogens with zero attached hydrogens (tertiary/aromatic N) is 1. The molecule has 2 aromatic carbocycles. The van der Waals surface area contributed by atoms with Gasteiger partial charge < -0.3 is 15.6 Å². The van der Waals surface area contributed by atoms with Gasteiger partial charge in [0.05, 0.1) is 29.0 Å². The maximum atomic E-state index is 13.4. The van der Waals surface area contributed by atoms with E-state index < -0.39 is 23.4 Å². The van der Waals surface area contributed by atoms with Crippen LogP contribution in [0.25, 0.3) is 21.8 Å². The van der Waals surface area contributed by atoms with Crippen LogP contribution in [0, 0.1) is 11.6 Å². The summed E-state index contributed by atoms with van der Waals surface area (Å²) in [5.74, 6) is -3.85. The van der Waals surface area contributed by atoms with E-state index in [-0.39, 0.29) is 17.6 Å². The molecule has 6 nitrogen and oxygen atoms in total. The molecule has 0 bridgehead atoms. The van der Waals surface area contributed by atoms with E-state index in [0.717, 1.165) is 23.0 Å². The second kappa shape index (κ2) is 7.07. The first-order chi connectivity index (χ1) is 13.5. The van der Waals surface area contributed by atoms with Gasteiger partial charge in [0.25, 0.3) is 0 Å². The molecule has 140 valence electrons. The number of halogens is 2. The molecule has 0 saturated carbocycles. The Morgan fingerprint density at radius 3 is 2.64 bits per heavy atom. The summed E-state index contributed by atoms with van der Waals surface area (Å²) in [4.78, 5) is 31.3. The molecular weight excluding hydrogens is 366 g/mol. The topological polar surface area (TPSA) is 86.9 Å². The van der Waals surface area contributed by atoms with Gasteiger partial charge in [-0.15, -0.1) is 0 Å². The van der Waals surface area contributed by atoms with Gasteiger partial charge in [0, 0.05) is 23.0 Å². The fourth-order valence-electron chi connectivity index (χ4n) is 2.86. The van der Waals surface area contributed by atoms with Crippen LogP contribution < -0.4 is 10.6 Å². The molecule has 3 N–H and O–H groups in total. The van der Waals surface area contributed by atoms with E-state index in [0.29, 0.717) is 11.2 Å². The fourth-order valence-corrected chi connectivity index (χ4v) is 2.86. The number of aromatic nitrogens is 2. The lowest BCUT2D eigenvalue weighted by Crippen LogP contribution is -2.35. The minimum Gasteiger partial charge on any atom is -0.359 e. The molecule has 4 aromatic rings. The number of hydrogen-bond acceptors (Lipinski definition) is 3. The number of nitrogens with one attached hydrogen (secondary N) is 3. The Morgan fingerprint density at radius 2 is 1.79 bits per heavy atom. The summed E-state index contributed by atoms with van der Waals surface area (Å²) in [6, 6.07) is 13.1. The van der Waals surface area contributed by atoms with Crippen molar-refractivity contribution in [1.29, 1.82) is 0 Å². The Hall–Kier alpha value is -3.81. The molecule has 2 amide bonds. The van der Waals surface area contributed by atoms with Gasteiger partial charge in [0.1, 0.15) is 0 Å². The third-order valence-electron chi connectivity index (χ3n) is 4.26. The number of benzene rings is 2. The molecule has 8 heteroatoms. The van der Waals surface area contributed by atoms with Gasteiger partial charge in [0.15, 0.2) is 11.6 Å². The van der Waals surface area contributed by atoms with Crippen LogP contribution in [0.15, 0.2) is 54.7 Å². The molecule has 0 aliphatic heterocycles. The Balaban J connectivity index is 1.43. The molecule has 2 heterocycles. The summed E-state index contributed by atoms with van der Waals surface area (Å²) in [6.07, 6.45) is 1.36. The van der Waals surface area contributed by atoms with E-state index in [4.69, 9.17) is 0 Å². The first kappa shape index (κ1) is 17.6. The Bertz CT molecular complexity index is 1220. The monoisotopic (exact) mass is 380 g/mol. The average molecular weight is 380 g/mol. The van der Waals surface area contributed by atoms with Gasteiger partial charge in [-0.25, -0.2) is 8.78 Å². The predicted molar refractivity (Wildman–Crippen MR) is 100 cm³/mol. The number of aromatic amines is 1. The predicted octanol–water partition coefficient (Wildman–Crippen LogP) is 3.25. The third kappa shape index (κ3) is 3.39. The Kier molecular flexibility index (Phi) is 4.44. The maximum absolute atomic E-state index is 13.4. The van der Waals surface area contributed by atoms with Gasteiger partial charge in [-0.2, -0.15) is 0 Å². The van der Waals surface area contributed by atoms with Gasteiger partial charge >= 0.3 is 11.8 Å². The summed E-state index contributed by atoms with van der Waals surface area (Å²) in [5.41, 5.74) is 1.86. The normalized spacial score (nSPS) is 10.9. The van der Waals surface area contributed by atoms with Gasteiger partial charge in [-0.1, -0.05) is 24.3 Å². The van der Waals surface area contributed by atoms with Gasteiger partial charge in [-0.3, -0.25) is 14.6 Å². The average Bonchev–Trinajstić information content (AvgIpc) is 3.07. The highest BCUT2D eigenvalue weighted by Crippen LogP contribution is 2.25. The number of hydrogen-bond donors (Lipinski definition) is 3. The number of H-pyrrole nitrogens is 1. The first-order valence-electron chi connectivity index (χ1n) is 8.41. The summed E-state index contributed by atoms with van der Waals surface area (Å²) >= 11 is 0. The van der Waals surface area contributed by atoms with Crippen molar-refractivity contribution >= 4 is 39.3 Å². The van der Waals surface area contributed by atoms with Crippen LogP contribution in [0.2, 0.25) is 0 Å². The summed E-state index contributed by atoms with van der Waals surface area (Å²) in [6.45, 7) is 0.0742. The molecule has 0 unspecified atom stereocenters. The van der Waals surface area contributed by atoms with Crippen molar-refractivity contribution in [2.75, 3.05) is 5.32 Å². The largest absolute Gasteiger partial charge is 0.359 e. The molecule has 0 saturated heterocycles. The van der Waals surface area contributed by atoms with Crippen LogP contribution in [-0.2, 0) is 16.1 Å². The van der Waals surface area contributed by atoms with Crippen molar-refractivity contribution in [2.24, 2.45) is 0 Å². The molecule has 4 rings (SSSR count). The summed E-state index contributed by atoms with van der Waals surface area (Å²) in [5, 5.41) is 6.10. The lowest BCUT2D eigenvalue weighted by molar-refractivity contribution is -0.136. The minimum absolute atomic E-state index is 0.0742. The zero-order valence-electron chi connectivity index (χ0n) is 14.4. The van der Waals surface area contributed by atoms with Crippen molar-refractivity contribution in [2.45, 2.75) is 6.54 Å². The first-order valence-corrected chi connectivity index (χ1v) is 8.41. The van der Waals surface area contributed by atoms with Crippen LogP contribution in [0.5, 0.6) is 0 Å². The lowest BCUT2D eigenvalue weighted by Gasteiger charge is -2.06. The highest BCUT2D eigenvalue weighted by molar-refractivity contribution is 6.40. The second-order valence-electron chi connectivity index (χ2n) is 6.15. The quantitative estimate of drug-likeness (QED) is 0.477. The number of carbonyl (C=O) groups excluding carboxylic acids is 2. The molecule has 0 aliphatic carbocycles. The number of fused-ring (bicyclic) bond motifs is 2. The Labute approximate surface area is 157 Å². The molecule has 2 aromatic heterocycles. The SMILES string of the molecule is O=C(NCc1ccc2ccccc2n1)C(=O)Nc1c[nH]c2cc(F)c(F)cc12. The molecule has 0 spiro atoms. The van der Waals surface area contributed by atoms with Crippen molar-refractivity contribution in [3.63, 3.8) is 0 Å². The van der Waals surface area contributed by atoms with E-state index >= 15 is 0 Å². The Morgan fingerprint density at radius 1 is 1.00 bits per heavy atom. The second-order valence-corrected chi connectivity index (χ2v) is 6.15. The number of anilines is 1. The van der Waals surface area contributed by atoms with E-state index in [1.165, 1.54) is 6.20 Å². The molecule has 0 atom stereocenters. The lowest BCUT2D eigenvalue weighted by atomic mass is 10.2. The van der Waals surface area contributed by atoms with E-state index in [2.05, 4.69) is 20.6 Å². The van der Waals surface area contributed by atoms with E-state index in [9.17, 15) is 18.4 Å². The highest BCUT2D eigenvalue weighted by Gasteiger charge is 2.17. The number of pyridine rings is 1. The molecule has 0 radical (unpaired) electrons.